The van der Waals surface area contributed by atoms with Gasteiger partial charge in [-0.2, -0.15) is 0 Å². The predicted octanol–water partition coefficient (Wildman–Crippen LogP) is -0.241. The number of hydrogen-bond acceptors (Lipinski definition) is 5. The Balaban J connectivity index is 1.82. The van der Waals surface area contributed by atoms with Gasteiger partial charge in [-0.1, -0.05) is 17.3 Å². The number of hydrogen-bond donors (Lipinski definition) is 3. The van der Waals surface area contributed by atoms with Crippen LogP contribution in [0.1, 0.15) is 11.3 Å². The summed E-state index contributed by atoms with van der Waals surface area (Å²) < 4.78 is 1.44. The number of nitrogens with one attached hydrogen (secondary N) is 1. The van der Waals surface area contributed by atoms with E-state index >= 15 is 0 Å². The van der Waals surface area contributed by atoms with Crippen molar-refractivity contribution in [3.63, 3.8) is 0 Å². The number of nitrogens with zero attached hydrogens (tertiary/aromatic N) is 3. The van der Waals surface area contributed by atoms with Crippen LogP contribution in [0, 0.1) is 0 Å². The summed E-state index contributed by atoms with van der Waals surface area (Å²) in [7, 11) is 0. The van der Waals surface area contributed by atoms with Gasteiger partial charge in [0.2, 0.25) is 5.91 Å². The lowest BCUT2D eigenvalue weighted by molar-refractivity contribution is -0.122. The summed E-state index contributed by atoms with van der Waals surface area (Å²) in [4.78, 5) is 11.7. The summed E-state index contributed by atoms with van der Waals surface area (Å²) in [5, 5.41) is 19.5. The monoisotopic (exact) mass is 261 g/mol. The van der Waals surface area contributed by atoms with Crippen LogP contribution in [-0.2, 0) is 24.4 Å². The molecule has 7 heteroatoms. The Labute approximate surface area is 110 Å². The molecule has 100 valence electrons. The summed E-state index contributed by atoms with van der Waals surface area (Å²) in [5.41, 5.74) is 6.96. The zero-order valence-corrected chi connectivity index (χ0v) is 10.3. The molecule has 0 aliphatic rings. The van der Waals surface area contributed by atoms with E-state index in [2.05, 4.69) is 15.6 Å². The Hall–Kier alpha value is -2.41. The molecule has 19 heavy (non-hydrogen) atoms. The van der Waals surface area contributed by atoms with E-state index in [9.17, 15) is 4.79 Å². The lowest BCUT2D eigenvalue weighted by atomic mass is 10.2. The first kappa shape index (κ1) is 13.0. The third kappa shape index (κ3) is 3.78. The number of phenolic OH excluding ortho intramolecular Hbond substituents is 1. The van der Waals surface area contributed by atoms with Crippen LogP contribution in [0.4, 0.5) is 0 Å². The molecule has 2 rings (SSSR count). The molecular formula is C12H15N5O2. The highest BCUT2D eigenvalue weighted by atomic mass is 16.3. The van der Waals surface area contributed by atoms with Gasteiger partial charge < -0.3 is 16.2 Å². The molecule has 0 saturated carbocycles. The second-order valence-electron chi connectivity index (χ2n) is 4.05. The van der Waals surface area contributed by atoms with Gasteiger partial charge in [-0.25, -0.2) is 4.68 Å². The maximum absolute atomic E-state index is 11.7. The van der Waals surface area contributed by atoms with Crippen molar-refractivity contribution in [3.8, 4) is 5.75 Å². The van der Waals surface area contributed by atoms with Crippen molar-refractivity contribution < 1.29 is 9.90 Å². The van der Waals surface area contributed by atoms with Crippen LogP contribution < -0.4 is 11.1 Å². The number of aromatic nitrogens is 3. The third-order valence-electron chi connectivity index (χ3n) is 2.53. The Morgan fingerprint density at radius 2 is 2.11 bits per heavy atom. The van der Waals surface area contributed by atoms with Crippen molar-refractivity contribution in [2.45, 2.75) is 19.6 Å². The van der Waals surface area contributed by atoms with Crippen molar-refractivity contribution in [2.24, 2.45) is 5.73 Å². The van der Waals surface area contributed by atoms with Gasteiger partial charge in [-0.15, -0.1) is 5.10 Å². The van der Waals surface area contributed by atoms with Gasteiger partial charge in [0.15, 0.2) is 0 Å². The molecule has 2 aromatic rings. The van der Waals surface area contributed by atoms with E-state index in [0.717, 1.165) is 5.56 Å². The minimum atomic E-state index is -0.165. The minimum absolute atomic E-state index is 0.102. The average molecular weight is 261 g/mol. The minimum Gasteiger partial charge on any atom is -0.508 e. The summed E-state index contributed by atoms with van der Waals surface area (Å²) in [5.74, 6) is 0.0357. The second kappa shape index (κ2) is 5.96. The summed E-state index contributed by atoms with van der Waals surface area (Å²) in [6.07, 6.45) is 1.64. The standard InChI is InChI=1S/C12H15N5O2/c13-5-10-7-17(16-15-10)8-12(19)14-6-9-1-3-11(18)4-2-9/h1-4,7,18H,5-6,8,13H2,(H,14,19). The molecule has 1 aromatic carbocycles. The molecule has 0 aliphatic heterocycles. The van der Waals surface area contributed by atoms with E-state index in [4.69, 9.17) is 10.8 Å². The zero-order valence-electron chi connectivity index (χ0n) is 10.3. The molecule has 0 fully saturated rings. The van der Waals surface area contributed by atoms with Crippen molar-refractivity contribution in [1.29, 1.82) is 0 Å². The van der Waals surface area contributed by atoms with Gasteiger partial charge in [-0.3, -0.25) is 4.79 Å². The molecule has 4 N–H and O–H groups in total. The maximum Gasteiger partial charge on any atom is 0.242 e. The largest absolute Gasteiger partial charge is 0.508 e. The zero-order chi connectivity index (χ0) is 13.7. The molecule has 0 saturated heterocycles. The number of phenols is 1. The van der Waals surface area contributed by atoms with E-state index in [1.54, 1.807) is 30.5 Å². The quantitative estimate of drug-likeness (QED) is 0.688. The van der Waals surface area contributed by atoms with E-state index in [1.165, 1.54) is 4.68 Å². The number of aromatic hydroxyl groups is 1. The Bertz CT molecular complexity index is 550. The molecule has 1 amide bonds. The lowest BCUT2D eigenvalue weighted by Crippen LogP contribution is -2.27. The van der Waals surface area contributed by atoms with E-state index in [0.29, 0.717) is 18.8 Å². The number of carbonyl (C=O) groups is 1. The van der Waals surface area contributed by atoms with Crippen LogP contribution in [0.25, 0.3) is 0 Å². The van der Waals surface area contributed by atoms with Gasteiger partial charge in [0.1, 0.15) is 12.3 Å². The van der Waals surface area contributed by atoms with Crippen LogP contribution >= 0.6 is 0 Å². The SMILES string of the molecule is NCc1cn(CC(=O)NCc2ccc(O)cc2)nn1. The van der Waals surface area contributed by atoms with Crippen molar-refractivity contribution in [3.05, 3.63) is 41.7 Å². The number of carbonyl (C=O) groups excluding carboxylic acids is 1. The van der Waals surface area contributed by atoms with Crippen molar-refractivity contribution in [1.82, 2.24) is 20.3 Å². The molecule has 1 aromatic heterocycles. The highest BCUT2D eigenvalue weighted by Crippen LogP contribution is 2.09. The second-order valence-corrected chi connectivity index (χ2v) is 4.05. The normalized spacial score (nSPS) is 10.4. The molecular weight excluding hydrogens is 246 g/mol. The average Bonchev–Trinajstić information content (AvgIpc) is 2.86. The third-order valence-corrected chi connectivity index (χ3v) is 2.53. The fourth-order valence-electron chi connectivity index (χ4n) is 1.53. The first-order valence-electron chi connectivity index (χ1n) is 5.81. The Kier molecular flexibility index (Phi) is 4.09. The summed E-state index contributed by atoms with van der Waals surface area (Å²) in [6, 6.07) is 6.65. The Morgan fingerprint density at radius 3 is 2.74 bits per heavy atom. The fourth-order valence-corrected chi connectivity index (χ4v) is 1.53. The first-order valence-corrected chi connectivity index (χ1v) is 5.81. The molecule has 1 heterocycles. The highest BCUT2D eigenvalue weighted by molar-refractivity contribution is 5.75. The van der Waals surface area contributed by atoms with Gasteiger partial charge in [0.25, 0.3) is 0 Å². The number of benzene rings is 1. The smallest absolute Gasteiger partial charge is 0.242 e. The number of nitrogens with two attached hydrogens (primary N) is 1. The highest BCUT2D eigenvalue weighted by Gasteiger charge is 2.05. The van der Waals surface area contributed by atoms with E-state index in [1.807, 2.05) is 0 Å². The molecule has 7 nitrogen and oxygen atoms in total. The van der Waals surface area contributed by atoms with Crippen molar-refractivity contribution >= 4 is 5.91 Å². The van der Waals surface area contributed by atoms with E-state index in [-0.39, 0.29) is 18.2 Å². The fraction of sp³-hybridized carbons (Fsp3) is 0.250. The number of rotatable bonds is 5. The molecule has 0 spiro atoms. The molecule has 0 unspecified atom stereocenters. The van der Waals surface area contributed by atoms with Crippen LogP contribution in [-0.4, -0.2) is 26.0 Å². The van der Waals surface area contributed by atoms with Gasteiger partial charge >= 0.3 is 0 Å². The maximum atomic E-state index is 11.7. The van der Waals surface area contributed by atoms with Gasteiger partial charge in [0.05, 0.1) is 11.9 Å². The molecule has 0 aliphatic carbocycles. The van der Waals surface area contributed by atoms with Crippen LogP contribution in [0.5, 0.6) is 5.75 Å². The molecule has 0 atom stereocenters. The van der Waals surface area contributed by atoms with Crippen molar-refractivity contribution in [2.75, 3.05) is 0 Å². The van der Waals surface area contributed by atoms with Gasteiger partial charge in [0, 0.05) is 13.1 Å². The molecule has 0 radical (unpaired) electrons. The predicted molar refractivity (Wildman–Crippen MR) is 67.9 cm³/mol. The first-order chi connectivity index (χ1) is 9.17. The Morgan fingerprint density at radius 1 is 1.37 bits per heavy atom. The van der Waals surface area contributed by atoms with Crippen LogP contribution in [0.3, 0.4) is 0 Å². The summed E-state index contributed by atoms with van der Waals surface area (Å²) in [6.45, 7) is 0.803. The number of amides is 1. The summed E-state index contributed by atoms with van der Waals surface area (Å²) >= 11 is 0. The van der Waals surface area contributed by atoms with E-state index < -0.39 is 0 Å². The van der Waals surface area contributed by atoms with Crippen LogP contribution in [0.2, 0.25) is 0 Å². The lowest BCUT2D eigenvalue weighted by Gasteiger charge is -2.05. The topological polar surface area (TPSA) is 106 Å². The van der Waals surface area contributed by atoms with Gasteiger partial charge in [-0.05, 0) is 17.7 Å². The van der Waals surface area contributed by atoms with Crippen LogP contribution in [0.15, 0.2) is 30.5 Å². The molecule has 0 bridgehead atoms.